The normalized spacial score (nSPS) is 10.7. The summed E-state index contributed by atoms with van der Waals surface area (Å²) in [5.41, 5.74) is 5.79. The summed E-state index contributed by atoms with van der Waals surface area (Å²) in [5, 5.41) is 4.45. The van der Waals surface area contributed by atoms with Gasteiger partial charge in [-0.2, -0.15) is 5.10 Å². The monoisotopic (exact) mass is 436 g/mol. The van der Waals surface area contributed by atoms with E-state index in [0.29, 0.717) is 22.1 Å². The van der Waals surface area contributed by atoms with Crippen molar-refractivity contribution in [2.24, 2.45) is 5.10 Å². The van der Waals surface area contributed by atoms with Crippen LogP contribution in [0, 0.1) is 13.8 Å². The Morgan fingerprint density at radius 3 is 2.29 bits per heavy atom. The van der Waals surface area contributed by atoms with Crippen molar-refractivity contribution < 1.29 is 19.1 Å². The van der Waals surface area contributed by atoms with Gasteiger partial charge in [0, 0.05) is 5.02 Å². The Morgan fingerprint density at radius 2 is 1.61 bits per heavy atom. The number of rotatable bonds is 7. The summed E-state index contributed by atoms with van der Waals surface area (Å²) in [6, 6.07) is 18.8. The number of benzene rings is 3. The third kappa shape index (κ3) is 6.69. The molecule has 0 saturated heterocycles. The summed E-state index contributed by atoms with van der Waals surface area (Å²) >= 11 is 5.81. The van der Waals surface area contributed by atoms with E-state index < -0.39 is 5.97 Å². The number of aryl methyl sites for hydroxylation is 2. The first-order valence-electron chi connectivity index (χ1n) is 9.50. The molecule has 0 saturated carbocycles. The molecule has 6 nitrogen and oxygen atoms in total. The van der Waals surface area contributed by atoms with Crippen LogP contribution in [0.2, 0.25) is 5.02 Å². The van der Waals surface area contributed by atoms with Crippen LogP contribution in [0.15, 0.2) is 71.8 Å². The molecule has 3 aromatic rings. The highest BCUT2D eigenvalue weighted by atomic mass is 35.5. The van der Waals surface area contributed by atoms with Crippen LogP contribution < -0.4 is 14.9 Å². The molecule has 0 bridgehead atoms. The highest BCUT2D eigenvalue weighted by molar-refractivity contribution is 6.30. The standard InChI is InChI=1S/C24H21ClN2O4/c1-16-3-10-22(13-17(16)2)30-15-23(28)27-26-14-18-4-11-21(12-5-18)31-24(29)19-6-8-20(25)9-7-19/h3-14H,15H2,1-2H3,(H,27,28). The second-order valence-electron chi connectivity index (χ2n) is 6.79. The molecule has 1 amide bonds. The summed E-state index contributed by atoms with van der Waals surface area (Å²) in [7, 11) is 0. The predicted octanol–water partition coefficient (Wildman–Crippen LogP) is 4.71. The van der Waals surface area contributed by atoms with Gasteiger partial charge in [-0.1, -0.05) is 17.7 Å². The Labute approximate surface area is 185 Å². The van der Waals surface area contributed by atoms with E-state index in [1.54, 1.807) is 48.5 Å². The molecule has 3 rings (SSSR count). The van der Waals surface area contributed by atoms with E-state index in [-0.39, 0.29) is 12.5 Å². The van der Waals surface area contributed by atoms with Gasteiger partial charge in [-0.3, -0.25) is 4.79 Å². The fraction of sp³-hybridized carbons (Fsp3) is 0.125. The molecule has 1 N–H and O–H groups in total. The molecule has 0 spiro atoms. The molecular weight excluding hydrogens is 416 g/mol. The number of carbonyl (C=O) groups excluding carboxylic acids is 2. The molecule has 0 aliphatic heterocycles. The van der Waals surface area contributed by atoms with Gasteiger partial charge < -0.3 is 9.47 Å². The molecule has 7 heteroatoms. The van der Waals surface area contributed by atoms with Crippen molar-refractivity contribution in [1.82, 2.24) is 5.43 Å². The summed E-state index contributed by atoms with van der Waals surface area (Å²) in [4.78, 5) is 24.0. The van der Waals surface area contributed by atoms with E-state index >= 15 is 0 Å². The van der Waals surface area contributed by atoms with Crippen molar-refractivity contribution in [3.8, 4) is 11.5 Å². The summed E-state index contributed by atoms with van der Waals surface area (Å²) in [5.74, 6) is 0.172. The van der Waals surface area contributed by atoms with Crippen LogP contribution in [-0.4, -0.2) is 24.7 Å². The number of amides is 1. The van der Waals surface area contributed by atoms with Gasteiger partial charge in [0.2, 0.25) is 0 Å². The highest BCUT2D eigenvalue weighted by Crippen LogP contribution is 2.17. The van der Waals surface area contributed by atoms with Crippen LogP contribution in [0.3, 0.4) is 0 Å². The first kappa shape index (κ1) is 22.1. The van der Waals surface area contributed by atoms with Crippen molar-refractivity contribution in [3.63, 3.8) is 0 Å². The van der Waals surface area contributed by atoms with Gasteiger partial charge in [0.05, 0.1) is 11.8 Å². The lowest BCUT2D eigenvalue weighted by Gasteiger charge is -2.07. The summed E-state index contributed by atoms with van der Waals surface area (Å²) in [6.07, 6.45) is 1.48. The number of nitrogens with one attached hydrogen (secondary N) is 1. The quantitative estimate of drug-likeness (QED) is 0.252. The topological polar surface area (TPSA) is 77.0 Å². The van der Waals surface area contributed by atoms with Gasteiger partial charge >= 0.3 is 5.97 Å². The molecule has 0 atom stereocenters. The van der Waals surface area contributed by atoms with Gasteiger partial charge in [0.25, 0.3) is 5.91 Å². The predicted molar refractivity (Wildman–Crippen MR) is 120 cm³/mol. The summed E-state index contributed by atoms with van der Waals surface area (Å²) in [6.45, 7) is 3.85. The first-order valence-corrected chi connectivity index (χ1v) is 9.88. The molecule has 0 unspecified atom stereocenters. The summed E-state index contributed by atoms with van der Waals surface area (Å²) < 4.78 is 10.8. The SMILES string of the molecule is Cc1ccc(OCC(=O)NN=Cc2ccc(OC(=O)c3ccc(Cl)cc3)cc2)cc1C. The number of nitrogens with zero attached hydrogens (tertiary/aromatic N) is 1. The zero-order chi connectivity index (χ0) is 22.2. The minimum atomic E-state index is -0.478. The van der Waals surface area contributed by atoms with Crippen LogP contribution in [0.1, 0.15) is 27.0 Å². The Kier molecular flexibility index (Phi) is 7.40. The van der Waals surface area contributed by atoms with E-state index in [0.717, 1.165) is 16.7 Å². The lowest BCUT2D eigenvalue weighted by atomic mass is 10.1. The molecule has 0 aliphatic rings. The molecule has 0 radical (unpaired) electrons. The van der Waals surface area contributed by atoms with Gasteiger partial charge in [0.1, 0.15) is 11.5 Å². The molecule has 0 aliphatic carbocycles. The smallest absolute Gasteiger partial charge is 0.343 e. The lowest BCUT2D eigenvalue weighted by Crippen LogP contribution is -2.24. The molecular formula is C24H21ClN2O4. The van der Waals surface area contributed by atoms with Gasteiger partial charge in [-0.25, -0.2) is 10.2 Å². The largest absolute Gasteiger partial charge is 0.484 e. The average molecular weight is 437 g/mol. The Hall–Kier alpha value is -3.64. The molecule has 0 aromatic heterocycles. The van der Waals surface area contributed by atoms with E-state index in [1.165, 1.54) is 6.21 Å². The number of carbonyl (C=O) groups is 2. The number of esters is 1. The van der Waals surface area contributed by atoms with Crippen molar-refractivity contribution in [2.75, 3.05) is 6.61 Å². The molecule has 0 fully saturated rings. The molecule has 3 aromatic carbocycles. The maximum absolute atomic E-state index is 12.1. The van der Waals surface area contributed by atoms with Gasteiger partial charge in [-0.15, -0.1) is 0 Å². The Morgan fingerprint density at radius 1 is 0.935 bits per heavy atom. The number of hydrogen-bond donors (Lipinski definition) is 1. The Balaban J connectivity index is 1.46. The van der Waals surface area contributed by atoms with Crippen LogP contribution in [0.4, 0.5) is 0 Å². The van der Waals surface area contributed by atoms with Crippen LogP contribution in [0.25, 0.3) is 0 Å². The fourth-order valence-corrected chi connectivity index (χ4v) is 2.66. The molecule has 158 valence electrons. The maximum Gasteiger partial charge on any atom is 0.343 e. The van der Waals surface area contributed by atoms with Crippen molar-refractivity contribution in [3.05, 3.63) is 94.0 Å². The molecule has 31 heavy (non-hydrogen) atoms. The van der Waals surface area contributed by atoms with E-state index in [4.69, 9.17) is 21.1 Å². The molecule has 0 heterocycles. The number of hydrazone groups is 1. The Bertz CT molecular complexity index is 1090. The average Bonchev–Trinajstić information content (AvgIpc) is 2.76. The van der Waals surface area contributed by atoms with Crippen LogP contribution in [-0.2, 0) is 4.79 Å². The highest BCUT2D eigenvalue weighted by Gasteiger charge is 2.08. The van der Waals surface area contributed by atoms with Crippen molar-refractivity contribution >= 4 is 29.7 Å². The van der Waals surface area contributed by atoms with Gasteiger partial charge in [0.15, 0.2) is 6.61 Å². The van der Waals surface area contributed by atoms with Crippen molar-refractivity contribution in [2.45, 2.75) is 13.8 Å². The van der Waals surface area contributed by atoms with E-state index in [9.17, 15) is 9.59 Å². The fourth-order valence-electron chi connectivity index (χ4n) is 2.54. The lowest BCUT2D eigenvalue weighted by molar-refractivity contribution is -0.123. The van der Waals surface area contributed by atoms with E-state index in [1.807, 2.05) is 32.0 Å². The second kappa shape index (κ2) is 10.4. The minimum Gasteiger partial charge on any atom is -0.484 e. The zero-order valence-electron chi connectivity index (χ0n) is 17.1. The minimum absolute atomic E-state index is 0.139. The maximum atomic E-state index is 12.1. The third-order valence-corrected chi connectivity index (χ3v) is 4.67. The van der Waals surface area contributed by atoms with Crippen molar-refractivity contribution in [1.29, 1.82) is 0 Å². The number of halogens is 1. The number of ether oxygens (including phenoxy) is 2. The number of hydrogen-bond acceptors (Lipinski definition) is 5. The van der Waals surface area contributed by atoms with Crippen LogP contribution >= 0.6 is 11.6 Å². The third-order valence-electron chi connectivity index (χ3n) is 4.42. The zero-order valence-corrected chi connectivity index (χ0v) is 17.8. The van der Waals surface area contributed by atoms with Gasteiger partial charge in [-0.05, 0) is 91.2 Å². The van der Waals surface area contributed by atoms with Crippen LogP contribution in [0.5, 0.6) is 11.5 Å². The first-order chi connectivity index (χ1) is 14.9. The second-order valence-corrected chi connectivity index (χ2v) is 7.23. The van der Waals surface area contributed by atoms with E-state index in [2.05, 4.69) is 10.5 Å².